The van der Waals surface area contributed by atoms with Gasteiger partial charge in [0.05, 0.1) is 0 Å². The number of hydrogen-bond acceptors (Lipinski definition) is 4. The number of nitrogens with one attached hydrogen (secondary N) is 1. The summed E-state index contributed by atoms with van der Waals surface area (Å²) in [5.41, 5.74) is 5.00. The van der Waals surface area contributed by atoms with E-state index in [2.05, 4.69) is 55.3 Å². The normalized spacial score (nSPS) is 11.5. The Kier molecular flexibility index (Phi) is 4.77. The maximum absolute atomic E-state index is 9.32. The van der Waals surface area contributed by atoms with Crippen LogP contribution in [0.1, 0.15) is 41.6 Å². The Morgan fingerprint density at radius 1 is 1.38 bits per heavy atom. The summed E-state index contributed by atoms with van der Waals surface area (Å²) in [5.74, 6) is 0.424. The summed E-state index contributed by atoms with van der Waals surface area (Å²) in [6.45, 7) is 8.33. The van der Waals surface area contributed by atoms with Crippen molar-refractivity contribution in [2.24, 2.45) is 0 Å². The van der Waals surface area contributed by atoms with Crippen LogP contribution >= 0.6 is 11.3 Å². The molecule has 2 rings (SSSR count). The second kappa shape index (κ2) is 6.55. The molecule has 0 spiro atoms. The highest BCUT2D eigenvalue weighted by Crippen LogP contribution is 2.28. The number of anilines is 1. The van der Waals surface area contributed by atoms with E-state index in [1.807, 2.05) is 12.3 Å². The molecule has 1 aromatic carbocycles. The van der Waals surface area contributed by atoms with Gasteiger partial charge in [0.15, 0.2) is 0 Å². The molecule has 0 bridgehead atoms. The second-order valence-electron chi connectivity index (χ2n) is 5.30. The van der Waals surface area contributed by atoms with Crippen LogP contribution in [0.5, 0.6) is 0 Å². The number of thiazole rings is 1. The van der Waals surface area contributed by atoms with Crippen molar-refractivity contribution in [2.75, 3.05) is 5.32 Å². The molecule has 0 aliphatic heterocycles. The Morgan fingerprint density at radius 2 is 2.14 bits per heavy atom. The van der Waals surface area contributed by atoms with Crippen LogP contribution in [0.15, 0.2) is 29.8 Å². The summed E-state index contributed by atoms with van der Waals surface area (Å²) in [4.78, 5) is 4.36. The molecule has 3 nitrogen and oxygen atoms in total. The third-order valence-corrected chi connectivity index (χ3v) is 4.25. The van der Waals surface area contributed by atoms with E-state index < -0.39 is 0 Å². The van der Waals surface area contributed by atoms with Crippen molar-refractivity contribution in [2.45, 2.75) is 33.6 Å². The fraction of sp³-hybridized carbons (Fsp3) is 0.294. The number of para-hydroxylation sites is 1. The van der Waals surface area contributed by atoms with Gasteiger partial charge in [0.25, 0.3) is 0 Å². The van der Waals surface area contributed by atoms with Crippen LogP contribution in [-0.2, 0) is 0 Å². The number of hydrogen-bond donors (Lipinski definition) is 1. The zero-order valence-corrected chi connectivity index (χ0v) is 13.6. The third-order valence-electron chi connectivity index (χ3n) is 3.26. The van der Waals surface area contributed by atoms with E-state index in [4.69, 9.17) is 0 Å². The zero-order valence-electron chi connectivity index (χ0n) is 12.8. The van der Waals surface area contributed by atoms with Gasteiger partial charge in [0.2, 0.25) is 0 Å². The lowest BCUT2D eigenvalue weighted by Crippen LogP contribution is -2.00. The Bertz CT molecular complexity index is 705. The first-order chi connectivity index (χ1) is 10.0. The van der Waals surface area contributed by atoms with E-state index in [0.717, 1.165) is 16.4 Å². The first-order valence-electron chi connectivity index (χ1n) is 6.91. The van der Waals surface area contributed by atoms with Crippen LogP contribution in [0.3, 0.4) is 0 Å². The molecule has 0 amide bonds. The maximum atomic E-state index is 9.32. The molecule has 0 unspecified atom stereocenters. The lowest BCUT2D eigenvalue weighted by atomic mass is 9.98. The molecule has 21 heavy (non-hydrogen) atoms. The Morgan fingerprint density at radius 3 is 2.71 bits per heavy atom. The first-order valence-corrected chi connectivity index (χ1v) is 7.79. The van der Waals surface area contributed by atoms with Crippen molar-refractivity contribution < 1.29 is 0 Å². The Labute approximate surface area is 130 Å². The number of aromatic nitrogens is 1. The predicted molar refractivity (Wildman–Crippen MR) is 89.3 cm³/mol. The molecule has 1 aromatic heterocycles. The molecular formula is C17H19N3S. The van der Waals surface area contributed by atoms with Crippen LogP contribution in [0.2, 0.25) is 0 Å². The fourth-order valence-electron chi connectivity index (χ4n) is 2.13. The van der Waals surface area contributed by atoms with E-state index in [0.29, 0.717) is 11.5 Å². The molecule has 2 aromatic rings. The SMILES string of the molecule is Cc1csc(/C(C#N)=C/Nc2c(C)cccc2C(C)C)n1. The van der Waals surface area contributed by atoms with Crippen LogP contribution in [0.4, 0.5) is 5.69 Å². The third kappa shape index (κ3) is 3.50. The van der Waals surface area contributed by atoms with Gasteiger partial charge in [-0.1, -0.05) is 32.0 Å². The van der Waals surface area contributed by atoms with E-state index in [-0.39, 0.29) is 0 Å². The monoisotopic (exact) mass is 297 g/mol. The average molecular weight is 297 g/mol. The van der Waals surface area contributed by atoms with Crippen molar-refractivity contribution in [3.8, 4) is 6.07 Å². The second-order valence-corrected chi connectivity index (χ2v) is 6.16. The minimum atomic E-state index is 0.424. The maximum Gasteiger partial charge on any atom is 0.135 e. The van der Waals surface area contributed by atoms with Gasteiger partial charge < -0.3 is 5.32 Å². The van der Waals surface area contributed by atoms with Crippen LogP contribution in [-0.4, -0.2) is 4.98 Å². The van der Waals surface area contributed by atoms with Gasteiger partial charge in [-0.2, -0.15) is 5.26 Å². The first kappa shape index (κ1) is 15.3. The number of rotatable bonds is 4. The summed E-state index contributed by atoms with van der Waals surface area (Å²) in [7, 11) is 0. The zero-order chi connectivity index (χ0) is 15.4. The van der Waals surface area contributed by atoms with Crippen LogP contribution < -0.4 is 5.32 Å². The summed E-state index contributed by atoms with van der Waals surface area (Å²) < 4.78 is 0. The van der Waals surface area contributed by atoms with Crippen molar-refractivity contribution >= 4 is 22.6 Å². The van der Waals surface area contributed by atoms with Crippen LogP contribution in [0, 0.1) is 25.2 Å². The number of benzene rings is 1. The van der Waals surface area contributed by atoms with E-state index in [1.54, 1.807) is 6.20 Å². The van der Waals surface area contributed by atoms with E-state index in [1.165, 1.54) is 22.5 Å². The van der Waals surface area contributed by atoms with Crippen molar-refractivity contribution in [3.05, 3.63) is 51.6 Å². The molecule has 0 aliphatic carbocycles. The fourth-order valence-corrected chi connectivity index (χ4v) is 2.90. The average Bonchev–Trinajstić information content (AvgIpc) is 2.87. The largest absolute Gasteiger partial charge is 0.360 e. The molecule has 0 saturated carbocycles. The van der Waals surface area contributed by atoms with Gasteiger partial charge in [-0.25, -0.2) is 4.98 Å². The Balaban J connectivity index is 2.34. The summed E-state index contributed by atoms with van der Waals surface area (Å²) in [6.07, 6.45) is 1.76. The van der Waals surface area contributed by atoms with Crippen molar-refractivity contribution in [3.63, 3.8) is 0 Å². The highest BCUT2D eigenvalue weighted by atomic mass is 32.1. The summed E-state index contributed by atoms with van der Waals surface area (Å²) in [6, 6.07) is 8.47. The molecule has 108 valence electrons. The lowest BCUT2D eigenvalue weighted by Gasteiger charge is -2.15. The minimum absolute atomic E-state index is 0.424. The highest BCUT2D eigenvalue weighted by Gasteiger charge is 2.09. The van der Waals surface area contributed by atoms with Crippen molar-refractivity contribution in [1.82, 2.24) is 4.98 Å². The van der Waals surface area contributed by atoms with Gasteiger partial charge in [-0.3, -0.25) is 0 Å². The van der Waals surface area contributed by atoms with Crippen molar-refractivity contribution in [1.29, 1.82) is 5.26 Å². The molecule has 0 radical (unpaired) electrons. The number of aryl methyl sites for hydroxylation is 2. The van der Waals surface area contributed by atoms with Gasteiger partial charge in [-0.15, -0.1) is 11.3 Å². The van der Waals surface area contributed by atoms with Gasteiger partial charge in [0, 0.05) is 23.0 Å². The Hall–Kier alpha value is -2.12. The minimum Gasteiger partial charge on any atom is -0.360 e. The smallest absolute Gasteiger partial charge is 0.135 e. The number of nitriles is 1. The number of nitrogens with zero attached hydrogens (tertiary/aromatic N) is 2. The summed E-state index contributed by atoms with van der Waals surface area (Å²) in [5, 5.41) is 15.3. The van der Waals surface area contributed by atoms with Crippen LogP contribution in [0.25, 0.3) is 5.57 Å². The molecular weight excluding hydrogens is 278 g/mol. The molecule has 0 fully saturated rings. The summed E-state index contributed by atoms with van der Waals surface area (Å²) >= 11 is 1.49. The molecule has 0 atom stereocenters. The lowest BCUT2D eigenvalue weighted by molar-refractivity contribution is 0.867. The quantitative estimate of drug-likeness (QED) is 0.820. The van der Waals surface area contributed by atoms with Gasteiger partial charge in [0.1, 0.15) is 16.6 Å². The molecule has 0 aliphatic rings. The predicted octanol–water partition coefficient (Wildman–Crippen LogP) is 4.86. The van der Waals surface area contributed by atoms with E-state index in [9.17, 15) is 5.26 Å². The standard InChI is InChI=1S/C17H19N3S/c1-11(2)15-7-5-6-12(3)16(15)19-9-14(8-18)17-20-13(4)10-21-17/h5-7,9-11,19H,1-4H3/b14-9+. The molecule has 0 saturated heterocycles. The number of allylic oxidation sites excluding steroid dienone is 1. The van der Waals surface area contributed by atoms with Gasteiger partial charge >= 0.3 is 0 Å². The topological polar surface area (TPSA) is 48.7 Å². The molecule has 1 N–H and O–H groups in total. The molecule has 4 heteroatoms. The highest BCUT2D eigenvalue weighted by molar-refractivity contribution is 7.10. The van der Waals surface area contributed by atoms with E-state index >= 15 is 0 Å². The van der Waals surface area contributed by atoms with Gasteiger partial charge in [-0.05, 0) is 30.9 Å². The molecule has 1 heterocycles.